The third kappa shape index (κ3) is 5.93. The van der Waals surface area contributed by atoms with E-state index in [4.69, 9.17) is 10.3 Å². The summed E-state index contributed by atoms with van der Waals surface area (Å²) in [5, 5.41) is 3.44. The van der Waals surface area contributed by atoms with Gasteiger partial charge in [-0.1, -0.05) is 49.9 Å². The Balaban J connectivity index is 2.31. The Morgan fingerprint density at radius 3 is 2.53 bits per heavy atom. The number of nitrogens with zero attached hydrogens (tertiary/aromatic N) is 3. The first kappa shape index (κ1) is 15.1. The molecule has 0 N–H and O–H groups in total. The van der Waals surface area contributed by atoms with E-state index in [1.54, 1.807) is 24.3 Å². The number of carbonyl (C=O) groups excluding carboxylic acids is 1. The Kier molecular flexibility index (Phi) is 7.13. The lowest BCUT2D eigenvalue weighted by Gasteiger charge is -2.04. The van der Waals surface area contributed by atoms with Crippen molar-refractivity contribution in [2.24, 2.45) is 5.11 Å². The third-order valence-electron chi connectivity index (χ3n) is 2.74. The van der Waals surface area contributed by atoms with Crippen molar-refractivity contribution >= 4 is 11.7 Å². The van der Waals surface area contributed by atoms with E-state index < -0.39 is 0 Å². The van der Waals surface area contributed by atoms with Gasteiger partial charge < -0.3 is 4.74 Å². The van der Waals surface area contributed by atoms with Gasteiger partial charge in [0.15, 0.2) is 0 Å². The molecule has 0 saturated heterocycles. The lowest BCUT2D eigenvalue weighted by Crippen LogP contribution is -2.06. The topological polar surface area (TPSA) is 75.1 Å². The van der Waals surface area contributed by atoms with Crippen molar-refractivity contribution in [2.75, 3.05) is 6.61 Å². The summed E-state index contributed by atoms with van der Waals surface area (Å²) >= 11 is 0. The number of ether oxygens (including phenoxy) is 1. The molecule has 0 unspecified atom stereocenters. The average Bonchev–Trinajstić information content (AvgIpc) is 2.43. The smallest absolute Gasteiger partial charge is 0.338 e. The fourth-order valence-corrected chi connectivity index (χ4v) is 1.67. The molecule has 5 nitrogen and oxygen atoms in total. The standard InChI is InChI=1S/C14H19N3O2/c1-2-3-4-5-6-11-19-14(18)12-7-9-13(10-8-12)16-17-15/h7-10H,2-6,11H2,1H3. The van der Waals surface area contributed by atoms with E-state index in [2.05, 4.69) is 16.9 Å². The Morgan fingerprint density at radius 2 is 1.89 bits per heavy atom. The van der Waals surface area contributed by atoms with E-state index >= 15 is 0 Å². The van der Waals surface area contributed by atoms with Crippen LogP contribution in [0.4, 0.5) is 5.69 Å². The highest BCUT2D eigenvalue weighted by atomic mass is 16.5. The number of azide groups is 1. The summed E-state index contributed by atoms with van der Waals surface area (Å²) in [6.07, 6.45) is 5.63. The second-order valence-electron chi connectivity index (χ2n) is 4.29. The molecule has 0 aliphatic rings. The van der Waals surface area contributed by atoms with Crippen molar-refractivity contribution in [3.8, 4) is 0 Å². The molecule has 0 aliphatic carbocycles. The van der Waals surface area contributed by atoms with Crippen LogP contribution in [0, 0.1) is 0 Å². The highest BCUT2D eigenvalue weighted by molar-refractivity contribution is 5.89. The molecule has 102 valence electrons. The maximum atomic E-state index is 11.7. The highest BCUT2D eigenvalue weighted by Gasteiger charge is 2.06. The molecule has 0 aliphatic heterocycles. The lowest BCUT2D eigenvalue weighted by molar-refractivity contribution is 0.0497. The Bertz CT molecular complexity index is 437. The number of benzene rings is 1. The molecule has 0 bridgehead atoms. The van der Waals surface area contributed by atoms with Crippen LogP contribution in [-0.2, 0) is 4.74 Å². The van der Waals surface area contributed by atoms with Crippen molar-refractivity contribution in [2.45, 2.75) is 39.0 Å². The zero-order valence-corrected chi connectivity index (χ0v) is 11.2. The van der Waals surface area contributed by atoms with E-state index in [1.807, 2.05) is 0 Å². The Morgan fingerprint density at radius 1 is 1.21 bits per heavy atom. The van der Waals surface area contributed by atoms with Crippen LogP contribution >= 0.6 is 0 Å². The van der Waals surface area contributed by atoms with Gasteiger partial charge in [0.05, 0.1) is 12.2 Å². The summed E-state index contributed by atoms with van der Waals surface area (Å²) in [6.45, 7) is 2.63. The SMILES string of the molecule is CCCCCCCOC(=O)c1ccc(N=[N+]=[N-])cc1. The average molecular weight is 261 g/mol. The van der Waals surface area contributed by atoms with Crippen LogP contribution in [0.1, 0.15) is 49.4 Å². The van der Waals surface area contributed by atoms with E-state index in [9.17, 15) is 4.79 Å². The molecule has 1 rings (SSSR count). The van der Waals surface area contributed by atoms with Gasteiger partial charge in [0.2, 0.25) is 0 Å². The quantitative estimate of drug-likeness (QED) is 0.222. The van der Waals surface area contributed by atoms with Crippen molar-refractivity contribution in [3.05, 3.63) is 40.3 Å². The largest absolute Gasteiger partial charge is 0.462 e. The van der Waals surface area contributed by atoms with Gasteiger partial charge in [-0.25, -0.2) is 4.79 Å². The van der Waals surface area contributed by atoms with Gasteiger partial charge in [-0.2, -0.15) is 0 Å². The molecule has 0 atom stereocenters. The maximum Gasteiger partial charge on any atom is 0.338 e. The Labute approximate surface area is 113 Å². The van der Waals surface area contributed by atoms with Gasteiger partial charge in [-0.15, -0.1) is 0 Å². The first-order valence-electron chi connectivity index (χ1n) is 6.60. The number of carbonyl (C=O) groups is 1. The van der Waals surface area contributed by atoms with Crippen LogP contribution in [0.3, 0.4) is 0 Å². The van der Waals surface area contributed by atoms with Gasteiger partial charge in [-0.3, -0.25) is 0 Å². The molecule has 1 aromatic rings. The van der Waals surface area contributed by atoms with Crippen LogP contribution in [-0.4, -0.2) is 12.6 Å². The van der Waals surface area contributed by atoms with Crippen LogP contribution in [0.2, 0.25) is 0 Å². The highest BCUT2D eigenvalue weighted by Crippen LogP contribution is 2.14. The van der Waals surface area contributed by atoms with Crippen LogP contribution in [0.15, 0.2) is 29.4 Å². The normalized spacial score (nSPS) is 9.74. The summed E-state index contributed by atoms with van der Waals surface area (Å²) in [5.41, 5.74) is 9.23. The fourth-order valence-electron chi connectivity index (χ4n) is 1.67. The molecular weight excluding hydrogens is 242 g/mol. The van der Waals surface area contributed by atoms with E-state index in [-0.39, 0.29) is 5.97 Å². The molecule has 0 fully saturated rings. The molecule has 0 radical (unpaired) electrons. The van der Waals surface area contributed by atoms with Crippen LogP contribution < -0.4 is 0 Å². The molecule has 5 heteroatoms. The Hall–Kier alpha value is -2.00. The lowest BCUT2D eigenvalue weighted by atomic mass is 10.2. The third-order valence-corrected chi connectivity index (χ3v) is 2.74. The van der Waals surface area contributed by atoms with Crippen LogP contribution in [0.25, 0.3) is 10.4 Å². The second kappa shape index (κ2) is 9.00. The van der Waals surface area contributed by atoms with Gasteiger partial charge >= 0.3 is 5.97 Å². The fraction of sp³-hybridized carbons (Fsp3) is 0.500. The van der Waals surface area contributed by atoms with Crippen molar-refractivity contribution in [1.29, 1.82) is 0 Å². The minimum Gasteiger partial charge on any atom is -0.462 e. The molecule has 0 amide bonds. The first-order valence-corrected chi connectivity index (χ1v) is 6.60. The zero-order chi connectivity index (χ0) is 13.9. The van der Waals surface area contributed by atoms with Crippen molar-refractivity contribution < 1.29 is 9.53 Å². The summed E-state index contributed by atoms with van der Waals surface area (Å²) in [7, 11) is 0. The van der Waals surface area contributed by atoms with Gasteiger partial charge in [0.1, 0.15) is 0 Å². The predicted octanol–water partition coefficient (Wildman–Crippen LogP) is 4.76. The second-order valence-corrected chi connectivity index (χ2v) is 4.29. The van der Waals surface area contributed by atoms with E-state index in [0.717, 1.165) is 12.8 Å². The van der Waals surface area contributed by atoms with Crippen molar-refractivity contribution in [1.82, 2.24) is 0 Å². The zero-order valence-electron chi connectivity index (χ0n) is 11.2. The van der Waals surface area contributed by atoms with Gasteiger partial charge in [0.25, 0.3) is 0 Å². The first-order chi connectivity index (χ1) is 9.27. The minimum atomic E-state index is -0.331. The number of hydrogen-bond acceptors (Lipinski definition) is 3. The van der Waals surface area contributed by atoms with E-state index in [0.29, 0.717) is 17.9 Å². The molecular formula is C14H19N3O2. The van der Waals surface area contributed by atoms with E-state index in [1.165, 1.54) is 19.3 Å². The number of esters is 1. The van der Waals surface area contributed by atoms with Crippen LogP contribution in [0.5, 0.6) is 0 Å². The summed E-state index contributed by atoms with van der Waals surface area (Å²) in [5.74, 6) is -0.331. The number of unbranched alkanes of at least 4 members (excludes halogenated alkanes) is 4. The molecule has 19 heavy (non-hydrogen) atoms. The molecule has 1 aromatic carbocycles. The monoisotopic (exact) mass is 261 g/mol. The van der Waals surface area contributed by atoms with Crippen molar-refractivity contribution in [3.63, 3.8) is 0 Å². The number of rotatable bonds is 8. The summed E-state index contributed by atoms with van der Waals surface area (Å²) in [6, 6.07) is 6.39. The maximum absolute atomic E-state index is 11.7. The molecule has 0 aromatic heterocycles. The molecule has 0 heterocycles. The number of hydrogen-bond donors (Lipinski definition) is 0. The minimum absolute atomic E-state index is 0.331. The predicted molar refractivity (Wildman–Crippen MR) is 74.3 cm³/mol. The van der Waals surface area contributed by atoms with Gasteiger partial charge in [0, 0.05) is 10.6 Å². The molecule has 0 saturated carbocycles. The van der Waals surface area contributed by atoms with Gasteiger partial charge in [-0.05, 0) is 24.1 Å². The molecule has 0 spiro atoms. The summed E-state index contributed by atoms with van der Waals surface area (Å²) in [4.78, 5) is 14.4. The summed E-state index contributed by atoms with van der Waals surface area (Å²) < 4.78 is 5.17.